The maximum Gasteiger partial charge on any atom is 0.331 e. The molecule has 0 atom stereocenters. The third-order valence-corrected chi connectivity index (χ3v) is 4.96. The van der Waals surface area contributed by atoms with Crippen LogP contribution >= 0.6 is 0 Å². The molecule has 6 heteroatoms. The van der Waals surface area contributed by atoms with Crippen molar-refractivity contribution in [3.63, 3.8) is 0 Å². The number of esters is 1. The highest BCUT2D eigenvalue weighted by Gasteiger charge is 2.25. The standard InChI is InChI=1S/C21H23N3O3/c1-15-4-9-18-19(12-15)27-21(26)14-24(18)13-20(25)22-16-5-7-17(8-6-16)23-10-2-3-11-23/h4-9,12H,2-3,10-11,13-14H2,1H3,(H,22,25). The number of ether oxygens (including phenoxy) is 1. The second kappa shape index (κ2) is 7.31. The van der Waals surface area contributed by atoms with Crippen LogP contribution in [0.1, 0.15) is 18.4 Å². The zero-order valence-electron chi connectivity index (χ0n) is 15.4. The molecule has 27 heavy (non-hydrogen) atoms. The molecule has 0 aliphatic carbocycles. The number of rotatable bonds is 4. The van der Waals surface area contributed by atoms with Crippen molar-refractivity contribution in [2.24, 2.45) is 0 Å². The van der Waals surface area contributed by atoms with Gasteiger partial charge in [0.1, 0.15) is 6.54 Å². The van der Waals surface area contributed by atoms with Crippen LogP contribution in [-0.2, 0) is 9.59 Å². The van der Waals surface area contributed by atoms with Crippen LogP contribution in [0.4, 0.5) is 17.1 Å². The first-order valence-corrected chi connectivity index (χ1v) is 9.30. The van der Waals surface area contributed by atoms with Gasteiger partial charge in [-0.15, -0.1) is 0 Å². The number of carbonyl (C=O) groups excluding carboxylic acids is 2. The van der Waals surface area contributed by atoms with Crippen LogP contribution in [-0.4, -0.2) is 38.1 Å². The van der Waals surface area contributed by atoms with Crippen LogP contribution in [0.5, 0.6) is 5.75 Å². The minimum absolute atomic E-state index is 0.0668. The molecule has 0 unspecified atom stereocenters. The first-order chi connectivity index (χ1) is 13.1. The number of anilines is 3. The van der Waals surface area contributed by atoms with Gasteiger partial charge in [-0.2, -0.15) is 0 Å². The molecule has 0 spiro atoms. The van der Waals surface area contributed by atoms with Gasteiger partial charge in [-0.25, -0.2) is 4.79 Å². The number of nitrogens with zero attached hydrogens (tertiary/aromatic N) is 2. The Hall–Kier alpha value is -3.02. The number of nitrogens with one attached hydrogen (secondary N) is 1. The molecule has 2 aromatic carbocycles. The monoisotopic (exact) mass is 365 g/mol. The predicted octanol–water partition coefficient (Wildman–Crippen LogP) is 2.96. The third kappa shape index (κ3) is 3.89. The lowest BCUT2D eigenvalue weighted by atomic mass is 10.1. The Labute approximate surface area is 158 Å². The Bertz CT molecular complexity index is 857. The van der Waals surface area contributed by atoms with Gasteiger partial charge in [-0.3, -0.25) is 4.79 Å². The Morgan fingerprint density at radius 2 is 1.85 bits per heavy atom. The molecule has 2 aromatic rings. The molecule has 2 aliphatic rings. The molecule has 2 aliphatic heterocycles. The first kappa shape index (κ1) is 17.4. The van der Waals surface area contributed by atoms with Crippen molar-refractivity contribution in [2.45, 2.75) is 19.8 Å². The van der Waals surface area contributed by atoms with Crippen molar-refractivity contribution in [2.75, 3.05) is 41.3 Å². The van der Waals surface area contributed by atoms with Gasteiger partial charge in [0, 0.05) is 24.5 Å². The number of amides is 1. The summed E-state index contributed by atoms with van der Waals surface area (Å²) in [5, 5.41) is 2.91. The Balaban J connectivity index is 1.41. The predicted molar refractivity (Wildman–Crippen MR) is 106 cm³/mol. The fourth-order valence-corrected chi connectivity index (χ4v) is 3.61. The van der Waals surface area contributed by atoms with E-state index in [1.54, 1.807) is 4.90 Å². The topological polar surface area (TPSA) is 61.9 Å². The van der Waals surface area contributed by atoms with E-state index in [4.69, 9.17) is 4.74 Å². The SMILES string of the molecule is Cc1ccc2c(c1)OC(=O)CN2CC(=O)Nc1ccc(N2CCCC2)cc1. The summed E-state index contributed by atoms with van der Waals surface area (Å²) in [6, 6.07) is 13.6. The van der Waals surface area contributed by atoms with Crippen molar-refractivity contribution in [3.8, 4) is 5.75 Å². The second-order valence-electron chi connectivity index (χ2n) is 7.09. The molecule has 0 radical (unpaired) electrons. The van der Waals surface area contributed by atoms with E-state index in [-0.39, 0.29) is 25.0 Å². The summed E-state index contributed by atoms with van der Waals surface area (Å²) >= 11 is 0. The summed E-state index contributed by atoms with van der Waals surface area (Å²) in [6.45, 7) is 4.29. The van der Waals surface area contributed by atoms with E-state index in [1.165, 1.54) is 18.5 Å². The molecule has 0 aromatic heterocycles. The van der Waals surface area contributed by atoms with E-state index >= 15 is 0 Å². The van der Waals surface area contributed by atoms with E-state index < -0.39 is 0 Å². The number of aryl methyl sites for hydroxylation is 1. The van der Waals surface area contributed by atoms with Crippen LogP contribution in [0.2, 0.25) is 0 Å². The normalized spacial score (nSPS) is 16.1. The highest BCUT2D eigenvalue weighted by Crippen LogP contribution is 2.32. The van der Waals surface area contributed by atoms with Crippen LogP contribution in [0.3, 0.4) is 0 Å². The fourth-order valence-electron chi connectivity index (χ4n) is 3.61. The number of carbonyl (C=O) groups is 2. The van der Waals surface area contributed by atoms with Gasteiger partial charge in [-0.1, -0.05) is 6.07 Å². The van der Waals surface area contributed by atoms with Gasteiger partial charge in [0.2, 0.25) is 5.91 Å². The zero-order chi connectivity index (χ0) is 18.8. The highest BCUT2D eigenvalue weighted by atomic mass is 16.5. The fraction of sp³-hybridized carbons (Fsp3) is 0.333. The Morgan fingerprint density at radius 1 is 1.11 bits per heavy atom. The molecular formula is C21H23N3O3. The zero-order valence-corrected chi connectivity index (χ0v) is 15.4. The molecule has 1 fully saturated rings. The number of fused-ring (bicyclic) bond motifs is 1. The van der Waals surface area contributed by atoms with E-state index in [0.29, 0.717) is 5.75 Å². The van der Waals surface area contributed by atoms with Crippen LogP contribution in [0, 0.1) is 6.92 Å². The lowest BCUT2D eigenvalue weighted by Crippen LogP contribution is -2.41. The average molecular weight is 365 g/mol. The van der Waals surface area contributed by atoms with Crippen molar-refractivity contribution in [1.82, 2.24) is 0 Å². The summed E-state index contributed by atoms with van der Waals surface area (Å²) < 4.78 is 5.29. The molecule has 6 nitrogen and oxygen atoms in total. The van der Waals surface area contributed by atoms with Crippen molar-refractivity contribution < 1.29 is 14.3 Å². The van der Waals surface area contributed by atoms with E-state index in [2.05, 4.69) is 10.2 Å². The molecular weight excluding hydrogens is 342 g/mol. The lowest BCUT2D eigenvalue weighted by Gasteiger charge is -2.29. The van der Waals surface area contributed by atoms with Gasteiger partial charge in [-0.05, 0) is 61.7 Å². The minimum atomic E-state index is -0.351. The van der Waals surface area contributed by atoms with E-state index in [1.807, 2.05) is 49.4 Å². The Kier molecular flexibility index (Phi) is 4.71. The lowest BCUT2D eigenvalue weighted by molar-refractivity contribution is -0.133. The smallest absolute Gasteiger partial charge is 0.331 e. The Morgan fingerprint density at radius 3 is 2.59 bits per heavy atom. The summed E-state index contributed by atoms with van der Waals surface area (Å²) in [5.74, 6) is -0.00460. The molecule has 1 saturated heterocycles. The average Bonchev–Trinajstić information content (AvgIpc) is 3.16. The van der Waals surface area contributed by atoms with Crippen LogP contribution in [0.15, 0.2) is 42.5 Å². The van der Waals surface area contributed by atoms with Crippen molar-refractivity contribution >= 4 is 28.9 Å². The van der Waals surface area contributed by atoms with Crippen molar-refractivity contribution in [1.29, 1.82) is 0 Å². The third-order valence-electron chi connectivity index (χ3n) is 4.96. The van der Waals surface area contributed by atoms with Gasteiger partial charge in [0.15, 0.2) is 5.75 Å². The maximum absolute atomic E-state index is 12.5. The molecule has 4 rings (SSSR count). The van der Waals surface area contributed by atoms with E-state index in [0.717, 1.165) is 30.0 Å². The van der Waals surface area contributed by atoms with Gasteiger partial charge < -0.3 is 19.9 Å². The van der Waals surface area contributed by atoms with Crippen LogP contribution in [0.25, 0.3) is 0 Å². The first-order valence-electron chi connectivity index (χ1n) is 9.30. The maximum atomic E-state index is 12.5. The number of hydrogen-bond donors (Lipinski definition) is 1. The van der Waals surface area contributed by atoms with Gasteiger partial charge in [0.25, 0.3) is 0 Å². The molecule has 0 saturated carbocycles. The summed E-state index contributed by atoms with van der Waals surface area (Å²) in [6.07, 6.45) is 2.47. The number of hydrogen-bond acceptors (Lipinski definition) is 5. The number of benzene rings is 2. The second-order valence-corrected chi connectivity index (χ2v) is 7.09. The molecule has 140 valence electrons. The van der Waals surface area contributed by atoms with E-state index in [9.17, 15) is 9.59 Å². The van der Waals surface area contributed by atoms with Gasteiger partial charge >= 0.3 is 5.97 Å². The van der Waals surface area contributed by atoms with Gasteiger partial charge in [0.05, 0.1) is 12.2 Å². The molecule has 1 N–H and O–H groups in total. The summed E-state index contributed by atoms with van der Waals surface area (Å²) in [5.41, 5.74) is 3.71. The van der Waals surface area contributed by atoms with Crippen LogP contribution < -0.4 is 19.9 Å². The minimum Gasteiger partial charge on any atom is -0.423 e. The largest absolute Gasteiger partial charge is 0.423 e. The summed E-state index contributed by atoms with van der Waals surface area (Å²) in [4.78, 5) is 28.4. The quantitative estimate of drug-likeness (QED) is 0.667. The highest BCUT2D eigenvalue weighted by molar-refractivity contribution is 5.96. The molecule has 1 amide bonds. The summed E-state index contributed by atoms with van der Waals surface area (Å²) in [7, 11) is 0. The van der Waals surface area contributed by atoms with Crippen molar-refractivity contribution in [3.05, 3.63) is 48.0 Å². The molecule has 0 bridgehead atoms. The molecule has 2 heterocycles.